The topological polar surface area (TPSA) is 30.0 Å². The van der Waals surface area contributed by atoms with Gasteiger partial charge in [0.15, 0.2) is 0 Å². The van der Waals surface area contributed by atoms with Gasteiger partial charge in [0.1, 0.15) is 5.78 Å². The minimum absolute atomic E-state index is 0.299. The van der Waals surface area contributed by atoms with E-state index in [4.69, 9.17) is 0 Å². The highest BCUT2D eigenvalue weighted by Gasteiger charge is 2.34. The van der Waals surface area contributed by atoms with Gasteiger partial charge in [-0.1, -0.05) is 25.7 Å². The van der Waals surface area contributed by atoms with Gasteiger partial charge in [-0.25, -0.2) is 0 Å². The zero-order valence-electron chi connectivity index (χ0n) is 11.9. The van der Waals surface area contributed by atoms with Crippen molar-refractivity contribution in [2.75, 3.05) is 0 Å². The first-order valence-electron chi connectivity index (χ1n) is 7.84. The molecule has 0 bridgehead atoms. The number of carbonyl (C=O) groups is 1. The van der Waals surface area contributed by atoms with E-state index < -0.39 is 0 Å². The molecule has 0 spiro atoms. The van der Waals surface area contributed by atoms with Crippen molar-refractivity contribution < 1.29 is 4.79 Å². The smallest absolute Gasteiger partial charge is 0.140 e. The van der Waals surface area contributed by atoms with Gasteiger partial charge < -0.3 is 0 Å². The third kappa shape index (κ3) is 3.30. The minimum atomic E-state index is 0.299. The molecule has 0 radical (unpaired) electrons. The molecule has 2 aliphatic rings. The summed E-state index contributed by atoms with van der Waals surface area (Å²) < 4.78 is 0.957. The maximum absolute atomic E-state index is 12.5. The Morgan fingerprint density at radius 2 is 1.95 bits per heavy atom. The highest BCUT2D eigenvalue weighted by Crippen LogP contribution is 2.43. The Kier molecular flexibility index (Phi) is 4.54. The number of carbonyl (C=O) groups excluding carboxylic acids is 1. The molecular formula is C17H22BrNO. The van der Waals surface area contributed by atoms with Gasteiger partial charge in [0.2, 0.25) is 0 Å². The predicted octanol–water partition coefficient (Wildman–Crippen LogP) is 4.56. The molecule has 108 valence electrons. The van der Waals surface area contributed by atoms with Gasteiger partial charge in [0.05, 0.1) is 0 Å². The number of fused-ring (bicyclic) bond motifs is 1. The quantitative estimate of drug-likeness (QED) is 0.810. The number of aromatic nitrogens is 1. The second-order valence-electron chi connectivity index (χ2n) is 6.47. The standard InChI is InChI=1S/C17H22BrNO/c18-16-7-12(10-19-11-16)8-17(20)15-6-5-13-3-1-2-4-14(13)9-15/h7,10-11,13-15H,1-6,8-9H2. The predicted molar refractivity (Wildman–Crippen MR) is 83.4 cm³/mol. The SMILES string of the molecule is O=C(Cc1cncc(Br)c1)C1CCC2CCCCC2C1. The van der Waals surface area contributed by atoms with Gasteiger partial charge in [0.25, 0.3) is 0 Å². The summed E-state index contributed by atoms with van der Waals surface area (Å²) in [5.74, 6) is 2.47. The Bertz CT molecular complexity index is 488. The summed E-state index contributed by atoms with van der Waals surface area (Å²) in [5, 5.41) is 0. The van der Waals surface area contributed by atoms with Gasteiger partial charge in [-0.2, -0.15) is 0 Å². The lowest BCUT2D eigenvalue weighted by molar-refractivity contribution is -0.124. The number of hydrogen-bond acceptors (Lipinski definition) is 2. The molecule has 2 fully saturated rings. The molecule has 1 heterocycles. The van der Waals surface area contributed by atoms with E-state index in [-0.39, 0.29) is 0 Å². The summed E-state index contributed by atoms with van der Waals surface area (Å²) in [6, 6.07) is 2.01. The van der Waals surface area contributed by atoms with E-state index in [2.05, 4.69) is 20.9 Å². The summed E-state index contributed by atoms with van der Waals surface area (Å²) >= 11 is 3.42. The molecule has 2 saturated carbocycles. The van der Waals surface area contributed by atoms with E-state index in [1.165, 1.54) is 32.1 Å². The number of nitrogens with zero attached hydrogens (tertiary/aromatic N) is 1. The second-order valence-corrected chi connectivity index (χ2v) is 7.38. The molecule has 3 unspecified atom stereocenters. The first-order valence-corrected chi connectivity index (χ1v) is 8.64. The van der Waals surface area contributed by atoms with Crippen LogP contribution < -0.4 is 0 Å². The molecule has 2 aliphatic carbocycles. The summed E-state index contributed by atoms with van der Waals surface area (Å²) in [6.45, 7) is 0. The first-order chi connectivity index (χ1) is 9.72. The van der Waals surface area contributed by atoms with Crippen LogP contribution in [0.15, 0.2) is 22.9 Å². The molecular weight excluding hydrogens is 314 g/mol. The van der Waals surface area contributed by atoms with Crippen molar-refractivity contribution in [2.24, 2.45) is 17.8 Å². The largest absolute Gasteiger partial charge is 0.299 e. The van der Waals surface area contributed by atoms with Gasteiger partial charge in [-0.15, -0.1) is 0 Å². The lowest BCUT2D eigenvalue weighted by atomic mass is 9.66. The van der Waals surface area contributed by atoms with Crippen LogP contribution in [0.5, 0.6) is 0 Å². The van der Waals surface area contributed by atoms with Crippen LogP contribution >= 0.6 is 15.9 Å². The van der Waals surface area contributed by atoms with Crippen LogP contribution in [0.25, 0.3) is 0 Å². The van der Waals surface area contributed by atoms with Gasteiger partial charge in [-0.05, 0) is 58.7 Å². The third-order valence-electron chi connectivity index (χ3n) is 5.13. The fourth-order valence-electron chi connectivity index (χ4n) is 4.06. The fraction of sp³-hybridized carbons (Fsp3) is 0.647. The van der Waals surface area contributed by atoms with Crippen molar-refractivity contribution in [3.8, 4) is 0 Å². The van der Waals surface area contributed by atoms with E-state index in [1.54, 1.807) is 6.20 Å². The Balaban J connectivity index is 1.60. The van der Waals surface area contributed by atoms with Crippen LogP contribution in [0.2, 0.25) is 0 Å². The van der Waals surface area contributed by atoms with Crippen molar-refractivity contribution in [2.45, 2.75) is 51.4 Å². The summed E-state index contributed by atoms with van der Waals surface area (Å²) in [4.78, 5) is 16.7. The first kappa shape index (κ1) is 14.2. The lowest BCUT2D eigenvalue weighted by Crippen LogP contribution is -2.31. The Labute approximate surface area is 129 Å². The molecule has 1 aromatic rings. The van der Waals surface area contributed by atoms with Crippen molar-refractivity contribution >= 4 is 21.7 Å². The number of halogens is 1. The maximum Gasteiger partial charge on any atom is 0.140 e. The number of hydrogen-bond donors (Lipinski definition) is 0. The van der Waals surface area contributed by atoms with E-state index in [0.29, 0.717) is 18.1 Å². The molecule has 1 aromatic heterocycles. The summed E-state index contributed by atoms with van der Waals surface area (Å²) in [7, 11) is 0. The fourth-order valence-corrected chi connectivity index (χ4v) is 4.48. The molecule has 20 heavy (non-hydrogen) atoms. The van der Waals surface area contributed by atoms with Crippen molar-refractivity contribution in [3.05, 3.63) is 28.5 Å². The molecule has 3 rings (SSSR count). The maximum atomic E-state index is 12.5. The van der Waals surface area contributed by atoms with Crippen LogP contribution in [0.1, 0.15) is 50.5 Å². The van der Waals surface area contributed by atoms with E-state index in [1.807, 2.05) is 12.3 Å². The number of pyridine rings is 1. The summed E-state index contributed by atoms with van der Waals surface area (Å²) in [5.41, 5.74) is 1.04. The Morgan fingerprint density at radius 3 is 2.75 bits per heavy atom. The van der Waals surface area contributed by atoms with Crippen molar-refractivity contribution in [3.63, 3.8) is 0 Å². The van der Waals surface area contributed by atoms with Crippen LogP contribution in [-0.2, 0) is 11.2 Å². The van der Waals surface area contributed by atoms with Crippen LogP contribution in [0, 0.1) is 17.8 Å². The Hall–Kier alpha value is -0.700. The molecule has 3 atom stereocenters. The van der Waals surface area contributed by atoms with Crippen molar-refractivity contribution in [1.29, 1.82) is 0 Å². The number of Topliss-reactive ketones (excluding diaryl/α,β-unsaturated/α-hetero) is 1. The van der Waals surface area contributed by atoms with Crippen LogP contribution in [0.3, 0.4) is 0 Å². The van der Waals surface area contributed by atoms with Crippen LogP contribution in [0.4, 0.5) is 0 Å². The van der Waals surface area contributed by atoms with Gasteiger partial charge >= 0.3 is 0 Å². The highest BCUT2D eigenvalue weighted by molar-refractivity contribution is 9.10. The van der Waals surface area contributed by atoms with Crippen LogP contribution in [-0.4, -0.2) is 10.8 Å². The molecule has 0 aromatic carbocycles. The number of rotatable bonds is 3. The van der Waals surface area contributed by atoms with Gasteiger partial charge in [0, 0.05) is 29.2 Å². The zero-order chi connectivity index (χ0) is 13.9. The third-order valence-corrected chi connectivity index (χ3v) is 5.57. The average Bonchev–Trinajstić information content (AvgIpc) is 2.47. The minimum Gasteiger partial charge on any atom is -0.299 e. The molecule has 2 nitrogen and oxygen atoms in total. The van der Waals surface area contributed by atoms with Gasteiger partial charge in [-0.3, -0.25) is 9.78 Å². The second kappa shape index (κ2) is 6.38. The molecule has 0 aliphatic heterocycles. The van der Waals surface area contributed by atoms with Crippen molar-refractivity contribution in [1.82, 2.24) is 4.98 Å². The molecule has 0 N–H and O–H groups in total. The van der Waals surface area contributed by atoms with E-state index in [0.717, 1.165) is 34.7 Å². The zero-order valence-corrected chi connectivity index (χ0v) is 13.4. The molecule has 0 amide bonds. The molecule has 3 heteroatoms. The average molecular weight is 336 g/mol. The molecule has 0 saturated heterocycles. The van der Waals surface area contributed by atoms with E-state index >= 15 is 0 Å². The highest BCUT2D eigenvalue weighted by atomic mass is 79.9. The monoisotopic (exact) mass is 335 g/mol. The summed E-state index contributed by atoms with van der Waals surface area (Å²) in [6.07, 6.45) is 13.2. The Morgan fingerprint density at radius 1 is 1.15 bits per heavy atom. The number of ketones is 1. The van der Waals surface area contributed by atoms with E-state index in [9.17, 15) is 4.79 Å². The normalized spacial score (nSPS) is 29.8. The lowest BCUT2D eigenvalue weighted by Gasteiger charge is -2.38.